The van der Waals surface area contributed by atoms with Crippen molar-refractivity contribution >= 4 is 34.9 Å². The molecule has 0 spiro atoms. The molecule has 25 heavy (non-hydrogen) atoms. The lowest BCUT2D eigenvalue weighted by atomic mass is 10.1. The van der Waals surface area contributed by atoms with E-state index >= 15 is 0 Å². The molecule has 7 heteroatoms. The van der Waals surface area contributed by atoms with E-state index in [2.05, 4.69) is 10.6 Å². The molecule has 0 bridgehead atoms. The lowest BCUT2D eigenvalue weighted by molar-refractivity contribution is -0.116. The Bertz CT molecular complexity index is 764. The molecule has 0 aliphatic heterocycles. The highest BCUT2D eigenvalue weighted by Gasteiger charge is 2.12. The van der Waals surface area contributed by atoms with E-state index in [1.54, 1.807) is 42.5 Å². The minimum atomic E-state index is -0.434. The molecule has 6 nitrogen and oxygen atoms in total. The Morgan fingerprint density at radius 2 is 1.84 bits per heavy atom. The fourth-order valence-corrected chi connectivity index (χ4v) is 2.40. The van der Waals surface area contributed by atoms with Gasteiger partial charge in [0, 0.05) is 23.7 Å². The smallest absolute Gasteiger partial charge is 0.339 e. The summed E-state index contributed by atoms with van der Waals surface area (Å²) in [6.45, 7) is 0.350. The average Bonchev–Trinajstić information content (AvgIpc) is 2.61. The van der Waals surface area contributed by atoms with Crippen molar-refractivity contribution < 1.29 is 19.1 Å². The van der Waals surface area contributed by atoms with Crippen molar-refractivity contribution in [1.82, 2.24) is 0 Å². The quantitative estimate of drug-likeness (QED) is 0.736. The van der Waals surface area contributed by atoms with E-state index in [4.69, 9.17) is 21.1 Å². The number of hydrogen-bond donors (Lipinski definition) is 2. The number of benzene rings is 2. The van der Waals surface area contributed by atoms with Crippen LogP contribution in [0.1, 0.15) is 16.8 Å². The van der Waals surface area contributed by atoms with E-state index in [1.807, 2.05) is 0 Å². The van der Waals surface area contributed by atoms with Crippen molar-refractivity contribution in [2.75, 3.05) is 31.4 Å². The lowest BCUT2D eigenvalue weighted by Gasteiger charge is -2.12. The van der Waals surface area contributed by atoms with Gasteiger partial charge in [-0.3, -0.25) is 4.79 Å². The zero-order valence-corrected chi connectivity index (χ0v) is 14.7. The number of carbonyl (C=O) groups excluding carboxylic acids is 2. The van der Waals surface area contributed by atoms with E-state index in [9.17, 15) is 9.59 Å². The maximum atomic E-state index is 12.1. The second-order valence-electron chi connectivity index (χ2n) is 5.11. The summed E-state index contributed by atoms with van der Waals surface area (Å²) >= 11 is 5.94. The summed E-state index contributed by atoms with van der Waals surface area (Å²) in [5.41, 5.74) is 1.54. The number of esters is 1. The monoisotopic (exact) mass is 362 g/mol. The number of ether oxygens (including phenoxy) is 2. The molecule has 0 aromatic heterocycles. The second kappa shape index (κ2) is 8.94. The van der Waals surface area contributed by atoms with Crippen molar-refractivity contribution in [1.29, 1.82) is 0 Å². The van der Waals surface area contributed by atoms with Crippen molar-refractivity contribution in [3.05, 3.63) is 53.1 Å². The summed E-state index contributed by atoms with van der Waals surface area (Å²) in [6.07, 6.45) is 0.200. The SMILES string of the molecule is COC(=O)c1ccccc1NCCC(=O)Nc1cc(Cl)ccc1OC. The van der Waals surface area contributed by atoms with Gasteiger partial charge in [-0.2, -0.15) is 0 Å². The molecule has 0 heterocycles. The summed E-state index contributed by atoms with van der Waals surface area (Å²) in [4.78, 5) is 23.8. The van der Waals surface area contributed by atoms with Crippen LogP contribution < -0.4 is 15.4 Å². The molecule has 132 valence electrons. The summed E-state index contributed by atoms with van der Waals surface area (Å²) in [5.74, 6) is -0.110. The third-order valence-electron chi connectivity index (χ3n) is 3.44. The van der Waals surface area contributed by atoms with Gasteiger partial charge in [0.05, 0.1) is 25.5 Å². The third kappa shape index (κ3) is 5.12. The molecule has 0 aliphatic carbocycles. The van der Waals surface area contributed by atoms with Crippen LogP contribution in [0, 0.1) is 0 Å². The first-order valence-electron chi connectivity index (χ1n) is 7.59. The van der Waals surface area contributed by atoms with Crippen LogP contribution in [0.2, 0.25) is 5.02 Å². The molecule has 0 atom stereocenters. The van der Waals surface area contributed by atoms with Crippen LogP contribution >= 0.6 is 11.6 Å². The third-order valence-corrected chi connectivity index (χ3v) is 3.67. The van der Waals surface area contributed by atoms with E-state index < -0.39 is 5.97 Å². The number of methoxy groups -OCH3 is 2. The highest BCUT2D eigenvalue weighted by molar-refractivity contribution is 6.31. The summed E-state index contributed by atoms with van der Waals surface area (Å²) in [5, 5.41) is 6.32. The van der Waals surface area contributed by atoms with Gasteiger partial charge in [0.15, 0.2) is 0 Å². The van der Waals surface area contributed by atoms with Crippen LogP contribution in [0.5, 0.6) is 5.75 Å². The Kier molecular flexibility index (Phi) is 6.65. The van der Waals surface area contributed by atoms with Crippen molar-refractivity contribution in [2.24, 2.45) is 0 Å². The van der Waals surface area contributed by atoms with Crippen molar-refractivity contribution in [3.63, 3.8) is 0 Å². The highest BCUT2D eigenvalue weighted by Crippen LogP contribution is 2.27. The van der Waals surface area contributed by atoms with Crippen LogP contribution in [0.25, 0.3) is 0 Å². The fourth-order valence-electron chi connectivity index (χ4n) is 2.23. The van der Waals surface area contributed by atoms with Gasteiger partial charge in [0.1, 0.15) is 5.75 Å². The van der Waals surface area contributed by atoms with Gasteiger partial charge >= 0.3 is 5.97 Å². The van der Waals surface area contributed by atoms with E-state index in [-0.39, 0.29) is 12.3 Å². The Morgan fingerprint density at radius 1 is 1.08 bits per heavy atom. The Balaban J connectivity index is 1.94. The Labute approximate surface area is 151 Å². The zero-order valence-electron chi connectivity index (χ0n) is 14.0. The number of hydrogen-bond acceptors (Lipinski definition) is 5. The van der Waals surface area contributed by atoms with Crippen molar-refractivity contribution in [3.8, 4) is 5.75 Å². The molecule has 0 fully saturated rings. The lowest BCUT2D eigenvalue weighted by Crippen LogP contribution is -2.17. The largest absolute Gasteiger partial charge is 0.495 e. The van der Waals surface area contributed by atoms with Gasteiger partial charge in [-0.05, 0) is 30.3 Å². The van der Waals surface area contributed by atoms with Gasteiger partial charge in [0.2, 0.25) is 5.91 Å². The molecular formula is C18H19ClN2O4. The average molecular weight is 363 g/mol. The molecule has 2 aromatic rings. The first-order valence-corrected chi connectivity index (χ1v) is 7.97. The number of carbonyl (C=O) groups is 2. The fraction of sp³-hybridized carbons (Fsp3) is 0.222. The first-order chi connectivity index (χ1) is 12.0. The van der Waals surface area contributed by atoms with E-state index in [0.29, 0.717) is 34.3 Å². The standard InChI is InChI=1S/C18H19ClN2O4/c1-24-16-8-7-12(19)11-15(16)21-17(22)9-10-20-14-6-4-3-5-13(14)18(23)25-2/h3-8,11,20H,9-10H2,1-2H3,(H,21,22). The van der Waals surface area contributed by atoms with Crippen LogP contribution in [0.15, 0.2) is 42.5 Å². The Hall–Kier alpha value is -2.73. The van der Waals surface area contributed by atoms with Crippen molar-refractivity contribution in [2.45, 2.75) is 6.42 Å². The Morgan fingerprint density at radius 3 is 2.56 bits per heavy atom. The molecule has 2 aromatic carbocycles. The molecule has 2 N–H and O–H groups in total. The summed E-state index contributed by atoms with van der Waals surface area (Å²) in [7, 11) is 2.84. The second-order valence-corrected chi connectivity index (χ2v) is 5.54. The minimum Gasteiger partial charge on any atom is -0.495 e. The van der Waals surface area contributed by atoms with Crippen LogP contribution in [-0.2, 0) is 9.53 Å². The van der Waals surface area contributed by atoms with E-state index in [1.165, 1.54) is 14.2 Å². The minimum absolute atomic E-state index is 0.200. The first kappa shape index (κ1) is 18.6. The zero-order chi connectivity index (χ0) is 18.2. The van der Waals surface area contributed by atoms with Gasteiger partial charge in [-0.15, -0.1) is 0 Å². The number of rotatable bonds is 7. The molecule has 0 aliphatic rings. The van der Waals surface area contributed by atoms with Gasteiger partial charge < -0.3 is 20.1 Å². The van der Waals surface area contributed by atoms with E-state index in [0.717, 1.165) is 0 Å². The van der Waals surface area contributed by atoms with Crippen LogP contribution in [0.3, 0.4) is 0 Å². The predicted molar refractivity (Wildman–Crippen MR) is 97.5 cm³/mol. The highest BCUT2D eigenvalue weighted by atomic mass is 35.5. The summed E-state index contributed by atoms with van der Waals surface area (Å²) < 4.78 is 9.92. The topological polar surface area (TPSA) is 76.7 Å². The molecular weight excluding hydrogens is 344 g/mol. The molecule has 1 amide bonds. The predicted octanol–water partition coefficient (Wildman–Crippen LogP) is 3.58. The van der Waals surface area contributed by atoms with Crippen LogP contribution in [-0.4, -0.2) is 32.6 Å². The maximum Gasteiger partial charge on any atom is 0.339 e. The summed E-state index contributed by atoms with van der Waals surface area (Å²) in [6, 6.07) is 11.9. The number of para-hydroxylation sites is 1. The number of amides is 1. The van der Waals surface area contributed by atoms with Gasteiger partial charge in [0.25, 0.3) is 0 Å². The number of halogens is 1. The molecule has 0 unspecified atom stereocenters. The van der Waals surface area contributed by atoms with Gasteiger partial charge in [-0.25, -0.2) is 4.79 Å². The molecule has 0 saturated heterocycles. The van der Waals surface area contributed by atoms with Crippen LogP contribution in [0.4, 0.5) is 11.4 Å². The molecule has 2 rings (SSSR count). The number of anilines is 2. The normalized spacial score (nSPS) is 10.0. The molecule has 0 radical (unpaired) electrons. The maximum absolute atomic E-state index is 12.1. The van der Waals surface area contributed by atoms with Gasteiger partial charge in [-0.1, -0.05) is 23.7 Å². The molecule has 0 saturated carbocycles. The number of nitrogens with one attached hydrogen (secondary N) is 2.